The average Bonchev–Trinajstić information content (AvgIpc) is 2.47. The van der Waals surface area contributed by atoms with E-state index in [4.69, 9.17) is 9.47 Å². The molecule has 22 heavy (non-hydrogen) atoms. The summed E-state index contributed by atoms with van der Waals surface area (Å²) in [6.45, 7) is 0. The first-order valence-corrected chi connectivity index (χ1v) is 6.76. The Balaban J connectivity index is 1.99. The Hall–Kier alpha value is -2.60. The monoisotopic (exact) mass is 304 g/mol. The van der Waals surface area contributed by atoms with Gasteiger partial charge in [-0.3, -0.25) is 0 Å². The van der Waals surface area contributed by atoms with E-state index in [-0.39, 0.29) is 23.0 Å². The molecule has 2 atom stereocenters. The molecule has 0 saturated carbocycles. The SMILES string of the molecule is COc1cc([C@H]2Cc3c(O)cc(O)cc3O[C@H]2O)ccc1O. The van der Waals surface area contributed by atoms with Crippen molar-refractivity contribution >= 4 is 0 Å². The number of aliphatic hydroxyl groups excluding tert-OH is 1. The minimum absolute atomic E-state index is 0.00522. The van der Waals surface area contributed by atoms with Crippen molar-refractivity contribution in [3.05, 3.63) is 41.5 Å². The first-order chi connectivity index (χ1) is 10.5. The summed E-state index contributed by atoms with van der Waals surface area (Å²) in [5.74, 6) is -0.0913. The molecule has 0 bridgehead atoms. The maximum atomic E-state index is 10.2. The second kappa shape index (κ2) is 5.31. The van der Waals surface area contributed by atoms with Crippen LogP contribution < -0.4 is 9.47 Å². The number of aromatic hydroxyl groups is 3. The number of rotatable bonds is 2. The molecule has 0 spiro atoms. The van der Waals surface area contributed by atoms with Crippen LogP contribution in [0.5, 0.6) is 28.7 Å². The van der Waals surface area contributed by atoms with Crippen molar-refractivity contribution in [3.63, 3.8) is 0 Å². The van der Waals surface area contributed by atoms with E-state index in [9.17, 15) is 20.4 Å². The van der Waals surface area contributed by atoms with E-state index in [1.165, 1.54) is 25.3 Å². The van der Waals surface area contributed by atoms with E-state index in [1.54, 1.807) is 12.1 Å². The zero-order valence-corrected chi connectivity index (χ0v) is 11.9. The summed E-state index contributed by atoms with van der Waals surface area (Å²) in [6.07, 6.45) is -0.806. The molecule has 1 heterocycles. The molecule has 0 unspecified atom stereocenters. The van der Waals surface area contributed by atoms with Gasteiger partial charge in [-0.05, 0) is 24.1 Å². The van der Waals surface area contributed by atoms with Crippen LogP contribution in [0.2, 0.25) is 0 Å². The zero-order chi connectivity index (χ0) is 15.9. The van der Waals surface area contributed by atoms with Gasteiger partial charge in [-0.15, -0.1) is 0 Å². The number of hydrogen-bond donors (Lipinski definition) is 4. The molecular weight excluding hydrogens is 288 g/mol. The highest BCUT2D eigenvalue weighted by Gasteiger charge is 2.32. The van der Waals surface area contributed by atoms with E-state index in [1.807, 2.05) is 0 Å². The van der Waals surface area contributed by atoms with Crippen LogP contribution in [0, 0.1) is 0 Å². The second-order valence-corrected chi connectivity index (χ2v) is 5.19. The fourth-order valence-corrected chi connectivity index (χ4v) is 2.67. The summed E-state index contributed by atoms with van der Waals surface area (Å²) in [4.78, 5) is 0. The van der Waals surface area contributed by atoms with Gasteiger partial charge in [0.05, 0.1) is 13.0 Å². The summed E-state index contributed by atoms with van der Waals surface area (Å²) >= 11 is 0. The highest BCUT2D eigenvalue weighted by atomic mass is 16.6. The topological polar surface area (TPSA) is 99.4 Å². The lowest BCUT2D eigenvalue weighted by molar-refractivity contribution is -0.0485. The first-order valence-electron chi connectivity index (χ1n) is 6.76. The van der Waals surface area contributed by atoms with Gasteiger partial charge in [0.25, 0.3) is 0 Å². The third kappa shape index (κ3) is 2.37. The van der Waals surface area contributed by atoms with Crippen LogP contribution in [-0.4, -0.2) is 33.8 Å². The Kier molecular flexibility index (Phi) is 3.46. The maximum Gasteiger partial charge on any atom is 0.204 e. The Morgan fingerprint density at radius 1 is 1.09 bits per heavy atom. The molecule has 1 aliphatic heterocycles. The van der Waals surface area contributed by atoms with Gasteiger partial charge in [0, 0.05) is 17.7 Å². The highest BCUT2D eigenvalue weighted by molar-refractivity contribution is 5.52. The van der Waals surface area contributed by atoms with Crippen LogP contribution in [-0.2, 0) is 6.42 Å². The fourth-order valence-electron chi connectivity index (χ4n) is 2.67. The van der Waals surface area contributed by atoms with Crippen LogP contribution in [0.25, 0.3) is 0 Å². The average molecular weight is 304 g/mol. The molecule has 0 fully saturated rings. The van der Waals surface area contributed by atoms with Crippen LogP contribution in [0.15, 0.2) is 30.3 Å². The Labute approximate surface area is 126 Å². The minimum Gasteiger partial charge on any atom is -0.508 e. The van der Waals surface area contributed by atoms with Crippen molar-refractivity contribution in [1.29, 1.82) is 0 Å². The molecule has 0 amide bonds. The Morgan fingerprint density at radius 2 is 1.86 bits per heavy atom. The van der Waals surface area contributed by atoms with Gasteiger partial charge in [-0.1, -0.05) is 6.07 Å². The van der Waals surface area contributed by atoms with E-state index in [2.05, 4.69) is 0 Å². The van der Waals surface area contributed by atoms with Gasteiger partial charge in [0.1, 0.15) is 17.2 Å². The van der Waals surface area contributed by atoms with Gasteiger partial charge in [0.15, 0.2) is 11.5 Å². The van der Waals surface area contributed by atoms with Crippen molar-refractivity contribution in [3.8, 4) is 28.7 Å². The zero-order valence-electron chi connectivity index (χ0n) is 11.9. The third-order valence-corrected chi connectivity index (χ3v) is 3.82. The summed E-state index contributed by atoms with van der Waals surface area (Å²) in [5.41, 5.74) is 1.22. The molecule has 2 aromatic carbocycles. The number of methoxy groups -OCH3 is 1. The number of aliphatic hydroxyl groups is 1. The van der Waals surface area contributed by atoms with Crippen molar-refractivity contribution in [2.45, 2.75) is 18.6 Å². The molecule has 4 N–H and O–H groups in total. The van der Waals surface area contributed by atoms with Crippen LogP contribution >= 0.6 is 0 Å². The minimum atomic E-state index is -1.14. The molecule has 0 aromatic heterocycles. The van der Waals surface area contributed by atoms with Crippen molar-refractivity contribution < 1.29 is 29.9 Å². The fraction of sp³-hybridized carbons (Fsp3) is 0.250. The number of hydrogen-bond acceptors (Lipinski definition) is 6. The number of fused-ring (bicyclic) bond motifs is 1. The van der Waals surface area contributed by atoms with Crippen molar-refractivity contribution in [1.82, 2.24) is 0 Å². The number of ether oxygens (including phenoxy) is 2. The number of phenols is 3. The lowest BCUT2D eigenvalue weighted by Crippen LogP contribution is -2.31. The van der Waals surface area contributed by atoms with Gasteiger partial charge in [0.2, 0.25) is 6.29 Å². The molecule has 1 aliphatic rings. The van der Waals surface area contributed by atoms with Crippen LogP contribution in [0.4, 0.5) is 0 Å². The predicted octanol–water partition coefficient (Wildman–Crippen LogP) is 1.85. The molecule has 6 nitrogen and oxygen atoms in total. The van der Waals surface area contributed by atoms with E-state index in [0.717, 1.165) is 0 Å². The third-order valence-electron chi connectivity index (χ3n) is 3.82. The Bertz CT molecular complexity index is 712. The smallest absolute Gasteiger partial charge is 0.204 e. The van der Waals surface area contributed by atoms with Crippen LogP contribution in [0.1, 0.15) is 17.0 Å². The maximum absolute atomic E-state index is 10.2. The summed E-state index contributed by atoms with van der Waals surface area (Å²) < 4.78 is 10.5. The lowest BCUT2D eigenvalue weighted by atomic mass is 9.88. The van der Waals surface area contributed by atoms with Crippen LogP contribution in [0.3, 0.4) is 0 Å². The predicted molar refractivity (Wildman–Crippen MR) is 77.5 cm³/mol. The summed E-state index contributed by atoms with van der Waals surface area (Å²) in [5, 5.41) is 39.3. The van der Waals surface area contributed by atoms with Gasteiger partial charge < -0.3 is 29.9 Å². The van der Waals surface area contributed by atoms with Gasteiger partial charge in [-0.2, -0.15) is 0 Å². The molecular formula is C16H16O6. The standard InChI is InChI=1S/C16H16O6/c1-21-15-4-8(2-3-12(15)18)10-7-11-13(19)5-9(17)6-14(11)22-16(10)20/h2-6,10,16-20H,7H2,1H3/t10-,16-/m1/s1. The van der Waals surface area contributed by atoms with Crippen molar-refractivity contribution in [2.75, 3.05) is 7.11 Å². The lowest BCUT2D eigenvalue weighted by Gasteiger charge is -2.31. The normalized spacial score (nSPS) is 20.1. The van der Waals surface area contributed by atoms with E-state index in [0.29, 0.717) is 23.3 Å². The molecule has 0 radical (unpaired) electrons. The first kappa shape index (κ1) is 14.3. The van der Waals surface area contributed by atoms with Crippen molar-refractivity contribution in [2.24, 2.45) is 0 Å². The summed E-state index contributed by atoms with van der Waals surface area (Å²) in [6, 6.07) is 7.35. The molecule has 3 rings (SSSR count). The molecule has 0 aliphatic carbocycles. The van der Waals surface area contributed by atoms with Gasteiger partial charge in [-0.25, -0.2) is 0 Å². The summed E-state index contributed by atoms with van der Waals surface area (Å²) in [7, 11) is 1.44. The molecule has 0 saturated heterocycles. The Morgan fingerprint density at radius 3 is 2.59 bits per heavy atom. The van der Waals surface area contributed by atoms with E-state index >= 15 is 0 Å². The largest absolute Gasteiger partial charge is 0.508 e. The second-order valence-electron chi connectivity index (χ2n) is 5.19. The molecule has 2 aromatic rings. The highest BCUT2D eigenvalue weighted by Crippen LogP contribution is 2.43. The number of benzene rings is 2. The molecule has 116 valence electrons. The molecule has 6 heteroatoms. The van der Waals surface area contributed by atoms with E-state index < -0.39 is 12.2 Å². The quantitative estimate of drug-likeness (QED) is 0.676. The number of phenolic OH excluding ortho intramolecular Hbond substituents is 3. The van der Waals surface area contributed by atoms with Gasteiger partial charge >= 0.3 is 0 Å².